The average molecular weight is 372 g/mol. The zero-order valence-corrected chi connectivity index (χ0v) is 13.5. The Morgan fingerprint density at radius 2 is 1.95 bits per heavy atom. The van der Waals surface area contributed by atoms with Crippen molar-refractivity contribution in [1.82, 2.24) is 10.2 Å². The van der Waals surface area contributed by atoms with Crippen molar-refractivity contribution < 1.29 is 4.79 Å². The van der Waals surface area contributed by atoms with E-state index in [1.54, 1.807) is 0 Å². The van der Waals surface area contributed by atoms with Gasteiger partial charge in [0.05, 0.1) is 0 Å². The number of carbonyl (C=O) groups excluding carboxylic acids is 1. The molecule has 1 aliphatic rings. The second kappa shape index (κ2) is 7.24. The quantitative estimate of drug-likeness (QED) is 0.825. The molecule has 3 nitrogen and oxygen atoms in total. The number of benzene rings is 1. The van der Waals surface area contributed by atoms with Gasteiger partial charge in [0.2, 0.25) is 0 Å². The highest BCUT2D eigenvalue weighted by molar-refractivity contribution is 14.1. The van der Waals surface area contributed by atoms with Gasteiger partial charge in [0, 0.05) is 28.3 Å². The number of piperidine rings is 1. The Kier molecular flexibility index (Phi) is 5.63. The van der Waals surface area contributed by atoms with Crippen molar-refractivity contribution in [3.05, 3.63) is 33.4 Å². The molecule has 0 bridgehead atoms. The fraction of sp³-hybridized carbons (Fsp3) is 0.533. The van der Waals surface area contributed by atoms with Gasteiger partial charge in [0.15, 0.2) is 0 Å². The van der Waals surface area contributed by atoms with Gasteiger partial charge in [-0.15, -0.1) is 0 Å². The minimum atomic E-state index is 0.0605. The summed E-state index contributed by atoms with van der Waals surface area (Å²) in [6.45, 7) is 5.60. The van der Waals surface area contributed by atoms with Crippen molar-refractivity contribution in [2.45, 2.75) is 32.2 Å². The van der Waals surface area contributed by atoms with Crippen molar-refractivity contribution in [2.75, 3.05) is 19.6 Å². The number of rotatable bonds is 4. The number of likely N-dealkylation sites (tertiary alicyclic amines) is 1. The Morgan fingerprint density at radius 1 is 1.32 bits per heavy atom. The monoisotopic (exact) mass is 372 g/mol. The van der Waals surface area contributed by atoms with Gasteiger partial charge in [-0.2, -0.15) is 0 Å². The summed E-state index contributed by atoms with van der Waals surface area (Å²) in [6.07, 6.45) is 3.34. The summed E-state index contributed by atoms with van der Waals surface area (Å²) in [6, 6.07) is 8.06. The first-order valence-electron chi connectivity index (χ1n) is 6.98. The van der Waals surface area contributed by atoms with E-state index in [2.05, 4.69) is 39.7 Å². The maximum Gasteiger partial charge on any atom is 0.251 e. The average Bonchev–Trinajstić information content (AvgIpc) is 2.42. The lowest BCUT2D eigenvalue weighted by Gasteiger charge is -2.32. The Morgan fingerprint density at radius 3 is 2.53 bits per heavy atom. The number of carbonyl (C=O) groups is 1. The van der Waals surface area contributed by atoms with Gasteiger partial charge < -0.3 is 10.2 Å². The number of amides is 1. The molecule has 1 heterocycles. The van der Waals surface area contributed by atoms with Crippen LogP contribution in [0.5, 0.6) is 0 Å². The molecule has 0 spiro atoms. The van der Waals surface area contributed by atoms with Gasteiger partial charge in [-0.25, -0.2) is 0 Å². The topological polar surface area (TPSA) is 32.3 Å². The van der Waals surface area contributed by atoms with E-state index in [4.69, 9.17) is 0 Å². The van der Waals surface area contributed by atoms with Gasteiger partial charge in [-0.3, -0.25) is 4.79 Å². The summed E-state index contributed by atoms with van der Waals surface area (Å²) in [7, 11) is 0. The molecule has 0 unspecified atom stereocenters. The van der Waals surface area contributed by atoms with Crippen LogP contribution >= 0.6 is 22.6 Å². The lowest BCUT2D eigenvalue weighted by Crippen LogP contribution is -2.44. The lowest BCUT2D eigenvalue weighted by molar-refractivity contribution is 0.0911. The fourth-order valence-corrected chi connectivity index (χ4v) is 2.85. The molecule has 1 saturated heterocycles. The molecule has 1 amide bonds. The van der Waals surface area contributed by atoms with Crippen LogP contribution in [-0.4, -0.2) is 36.5 Å². The molecular formula is C15H21IN2O. The lowest BCUT2D eigenvalue weighted by atomic mass is 10.0. The number of halogens is 1. The molecule has 104 valence electrons. The molecule has 0 atom stereocenters. The second-order valence-corrected chi connectivity index (χ2v) is 6.34. The molecule has 1 aromatic rings. The molecule has 0 radical (unpaired) electrons. The SMILES string of the molecule is CCCN1CCC(NC(=O)c2ccc(I)cc2)CC1. The Balaban J connectivity index is 1.82. The van der Waals surface area contributed by atoms with E-state index in [0.717, 1.165) is 35.1 Å². The third kappa shape index (κ3) is 4.45. The Hall–Kier alpha value is -0.620. The van der Waals surface area contributed by atoms with Crippen molar-refractivity contribution in [3.63, 3.8) is 0 Å². The van der Waals surface area contributed by atoms with Gasteiger partial charge in [-0.1, -0.05) is 6.92 Å². The third-order valence-electron chi connectivity index (χ3n) is 3.57. The number of nitrogens with zero attached hydrogens (tertiary/aromatic N) is 1. The van der Waals surface area contributed by atoms with Gasteiger partial charge in [0.1, 0.15) is 0 Å². The maximum absolute atomic E-state index is 12.1. The minimum absolute atomic E-state index is 0.0605. The molecule has 0 aliphatic carbocycles. The molecule has 1 fully saturated rings. The summed E-state index contributed by atoms with van der Waals surface area (Å²) >= 11 is 2.25. The fourth-order valence-electron chi connectivity index (χ4n) is 2.49. The normalized spacial score (nSPS) is 17.4. The summed E-state index contributed by atoms with van der Waals surface area (Å²) < 4.78 is 1.15. The summed E-state index contributed by atoms with van der Waals surface area (Å²) in [5.41, 5.74) is 0.761. The van der Waals surface area contributed by atoms with Crippen LogP contribution < -0.4 is 5.32 Å². The number of hydrogen-bond donors (Lipinski definition) is 1. The summed E-state index contributed by atoms with van der Waals surface area (Å²) in [5.74, 6) is 0.0605. The van der Waals surface area contributed by atoms with Crippen LogP contribution in [0.4, 0.5) is 0 Å². The molecule has 19 heavy (non-hydrogen) atoms. The highest BCUT2D eigenvalue weighted by Gasteiger charge is 2.20. The minimum Gasteiger partial charge on any atom is -0.349 e. The van der Waals surface area contributed by atoms with E-state index in [-0.39, 0.29) is 5.91 Å². The van der Waals surface area contributed by atoms with Crippen LogP contribution in [-0.2, 0) is 0 Å². The molecule has 1 N–H and O–H groups in total. The van der Waals surface area contributed by atoms with E-state index in [0.29, 0.717) is 6.04 Å². The van der Waals surface area contributed by atoms with Crippen molar-refractivity contribution in [2.24, 2.45) is 0 Å². The zero-order chi connectivity index (χ0) is 13.7. The Bertz CT molecular complexity index is 411. The van der Waals surface area contributed by atoms with Gasteiger partial charge in [0.25, 0.3) is 5.91 Å². The predicted octanol–water partition coefficient (Wildman–Crippen LogP) is 2.90. The standard InChI is InChI=1S/C15H21IN2O/c1-2-9-18-10-7-14(8-11-18)17-15(19)12-3-5-13(16)6-4-12/h3-6,14H,2,7-11H2,1H3,(H,17,19). The summed E-state index contributed by atoms with van der Waals surface area (Å²) in [4.78, 5) is 14.6. The van der Waals surface area contributed by atoms with Crippen LogP contribution in [0.25, 0.3) is 0 Å². The first-order chi connectivity index (χ1) is 9.19. The molecule has 1 aromatic carbocycles. The number of nitrogens with one attached hydrogen (secondary N) is 1. The van der Waals surface area contributed by atoms with Crippen molar-refractivity contribution in [3.8, 4) is 0 Å². The van der Waals surface area contributed by atoms with Crippen molar-refractivity contribution in [1.29, 1.82) is 0 Å². The predicted molar refractivity (Wildman–Crippen MR) is 86.4 cm³/mol. The highest BCUT2D eigenvalue weighted by Crippen LogP contribution is 2.12. The molecule has 2 rings (SSSR count). The molecule has 4 heteroatoms. The highest BCUT2D eigenvalue weighted by atomic mass is 127. The molecular weight excluding hydrogens is 351 g/mol. The molecule has 0 aromatic heterocycles. The van der Waals surface area contributed by atoms with E-state index >= 15 is 0 Å². The first-order valence-corrected chi connectivity index (χ1v) is 8.05. The third-order valence-corrected chi connectivity index (χ3v) is 4.29. The van der Waals surface area contributed by atoms with Gasteiger partial charge >= 0.3 is 0 Å². The zero-order valence-electron chi connectivity index (χ0n) is 11.4. The smallest absolute Gasteiger partial charge is 0.251 e. The number of hydrogen-bond acceptors (Lipinski definition) is 2. The summed E-state index contributed by atoms with van der Waals surface area (Å²) in [5, 5.41) is 3.15. The van der Waals surface area contributed by atoms with E-state index in [1.807, 2.05) is 24.3 Å². The van der Waals surface area contributed by atoms with Crippen LogP contribution in [0.2, 0.25) is 0 Å². The molecule has 1 aliphatic heterocycles. The maximum atomic E-state index is 12.1. The van der Waals surface area contributed by atoms with Crippen molar-refractivity contribution >= 4 is 28.5 Å². The van der Waals surface area contributed by atoms with E-state index < -0.39 is 0 Å². The first kappa shape index (κ1) is 14.8. The largest absolute Gasteiger partial charge is 0.349 e. The van der Waals surface area contributed by atoms with Gasteiger partial charge in [-0.05, 0) is 72.7 Å². The van der Waals surface area contributed by atoms with Crippen LogP contribution in [0.15, 0.2) is 24.3 Å². The van der Waals surface area contributed by atoms with E-state index in [1.165, 1.54) is 13.0 Å². The van der Waals surface area contributed by atoms with Crippen LogP contribution in [0.3, 0.4) is 0 Å². The van der Waals surface area contributed by atoms with E-state index in [9.17, 15) is 4.79 Å². The Labute approximate surface area is 128 Å². The second-order valence-electron chi connectivity index (χ2n) is 5.10. The van der Waals surface area contributed by atoms with Crippen LogP contribution in [0.1, 0.15) is 36.5 Å². The molecule has 0 saturated carbocycles. The van der Waals surface area contributed by atoms with Crippen LogP contribution in [0, 0.1) is 3.57 Å².